The van der Waals surface area contributed by atoms with Gasteiger partial charge in [-0.1, -0.05) is 0 Å². The van der Waals surface area contributed by atoms with Crippen molar-refractivity contribution in [3.63, 3.8) is 0 Å². The fraction of sp³-hybridized carbons (Fsp3) is 0.400. The highest BCUT2D eigenvalue weighted by Crippen LogP contribution is 2.20. The Morgan fingerprint density at radius 1 is 1.13 bits per heavy atom. The van der Waals surface area contributed by atoms with Gasteiger partial charge in [0.05, 0.1) is 11.6 Å². The number of nitro benzene ring substituents is 1. The Bertz CT molecular complexity index is 744. The van der Waals surface area contributed by atoms with Gasteiger partial charge in [-0.3, -0.25) is 15.0 Å². The van der Waals surface area contributed by atoms with Gasteiger partial charge in [0.1, 0.15) is 0 Å². The third-order valence-electron chi connectivity index (χ3n) is 4.17. The quantitative estimate of drug-likeness (QED) is 0.488. The van der Waals surface area contributed by atoms with Crippen molar-refractivity contribution in [1.82, 2.24) is 14.0 Å². The minimum atomic E-state index is -0.370. The Balaban J connectivity index is 1.58. The van der Waals surface area contributed by atoms with Gasteiger partial charge in [-0.05, 0) is 24.4 Å². The van der Waals surface area contributed by atoms with Crippen LogP contribution < -0.4 is 4.90 Å². The number of anilines is 1. The molecule has 0 bridgehead atoms. The van der Waals surface area contributed by atoms with Crippen molar-refractivity contribution in [3.8, 4) is 0 Å². The Morgan fingerprint density at radius 3 is 2.30 bits per heavy atom. The van der Waals surface area contributed by atoms with Gasteiger partial charge in [-0.25, -0.2) is 0 Å². The van der Waals surface area contributed by atoms with E-state index in [1.807, 2.05) is 36.1 Å². The zero-order valence-electron chi connectivity index (χ0n) is 13.0. The van der Waals surface area contributed by atoms with Crippen molar-refractivity contribution in [2.45, 2.75) is 6.67 Å². The van der Waals surface area contributed by atoms with Crippen molar-refractivity contribution in [3.05, 3.63) is 51.5 Å². The zero-order valence-corrected chi connectivity index (χ0v) is 13.8. The van der Waals surface area contributed by atoms with Crippen LogP contribution in [-0.4, -0.2) is 45.1 Å². The molecule has 8 heteroatoms. The van der Waals surface area contributed by atoms with E-state index in [0.29, 0.717) is 0 Å². The molecule has 1 fully saturated rings. The Hall–Kier alpha value is -2.19. The summed E-state index contributed by atoms with van der Waals surface area (Å²) in [4.78, 5) is 15.0. The van der Waals surface area contributed by atoms with Gasteiger partial charge in [-0.15, -0.1) is 0 Å². The first-order valence-electron chi connectivity index (χ1n) is 7.48. The van der Waals surface area contributed by atoms with Crippen molar-refractivity contribution in [2.24, 2.45) is 7.05 Å². The summed E-state index contributed by atoms with van der Waals surface area (Å²) >= 11 is 5.36. The number of hydrogen-bond donors (Lipinski definition) is 0. The van der Waals surface area contributed by atoms with E-state index < -0.39 is 0 Å². The topological polar surface area (TPSA) is 59.5 Å². The second-order valence-corrected chi connectivity index (χ2v) is 6.05. The van der Waals surface area contributed by atoms with Gasteiger partial charge in [0.2, 0.25) is 0 Å². The highest BCUT2D eigenvalue weighted by molar-refractivity contribution is 7.71. The molecule has 122 valence electrons. The number of piperazine rings is 1. The van der Waals surface area contributed by atoms with E-state index in [-0.39, 0.29) is 10.6 Å². The van der Waals surface area contributed by atoms with Crippen LogP contribution in [0.25, 0.3) is 0 Å². The van der Waals surface area contributed by atoms with Crippen LogP contribution in [0.2, 0.25) is 0 Å². The van der Waals surface area contributed by atoms with Crippen molar-refractivity contribution in [1.29, 1.82) is 0 Å². The molecule has 1 aliphatic rings. The smallest absolute Gasteiger partial charge is 0.269 e. The van der Waals surface area contributed by atoms with Crippen LogP contribution >= 0.6 is 12.2 Å². The van der Waals surface area contributed by atoms with Crippen molar-refractivity contribution in [2.75, 3.05) is 31.1 Å². The molecule has 3 rings (SSSR count). The predicted octanol–water partition coefficient (Wildman–Crippen LogP) is 2.24. The molecule has 2 heterocycles. The largest absolute Gasteiger partial charge is 0.369 e. The van der Waals surface area contributed by atoms with Crippen LogP contribution in [0.1, 0.15) is 0 Å². The number of rotatable bonds is 4. The molecule has 0 atom stereocenters. The van der Waals surface area contributed by atoms with E-state index in [9.17, 15) is 10.1 Å². The number of benzene rings is 1. The third-order valence-corrected chi connectivity index (χ3v) is 4.69. The normalized spacial score (nSPS) is 15.8. The summed E-state index contributed by atoms with van der Waals surface area (Å²) in [5.74, 6) is 0. The molecule has 23 heavy (non-hydrogen) atoms. The predicted molar refractivity (Wildman–Crippen MR) is 91.1 cm³/mol. The molecular formula is C15H19N5O2S. The van der Waals surface area contributed by atoms with Gasteiger partial charge in [0, 0.05) is 63.4 Å². The summed E-state index contributed by atoms with van der Waals surface area (Å²) in [6, 6.07) is 6.76. The third kappa shape index (κ3) is 3.43. The molecule has 0 N–H and O–H groups in total. The fourth-order valence-corrected chi connectivity index (χ4v) is 2.95. The summed E-state index contributed by atoms with van der Waals surface area (Å²) < 4.78 is 4.82. The first kappa shape index (κ1) is 15.7. The average molecular weight is 333 g/mol. The summed E-state index contributed by atoms with van der Waals surface area (Å²) in [6.45, 7) is 4.48. The second-order valence-electron chi connectivity index (χ2n) is 5.68. The van der Waals surface area contributed by atoms with Gasteiger partial charge in [-0.2, -0.15) is 0 Å². The monoisotopic (exact) mass is 333 g/mol. The Morgan fingerprint density at radius 2 is 1.78 bits per heavy atom. The Kier molecular flexibility index (Phi) is 4.44. The molecule has 0 radical (unpaired) electrons. The molecule has 0 unspecified atom stereocenters. The zero-order chi connectivity index (χ0) is 16.4. The van der Waals surface area contributed by atoms with E-state index in [0.717, 1.165) is 43.3 Å². The molecule has 1 aliphatic heterocycles. The van der Waals surface area contributed by atoms with Crippen molar-refractivity contribution >= 4 is 23.6 Å². The molecular weight excluding hydrogens is 314 g/mol. The number of aromatic nitrogens is 2. The standard InChI is InChI=1S/C15H19N5O2S/c1-16-6-9-19(15(16)23)12-17-7-10-18(11-8-17)13-2-4-14(5-3-13)20(21)22/h2-6,9H,7-8,10-12H2,1H3. The first-order valence-corrected chi connectivity index (χ1v) is 7.89. The van der Waals surface area contributed by atoms with Gasteiger partial charge < -0.3 is 14.0 Å². The number of nitro groups is 1. The SMILES string of the molecule is Cn1ccn(CN2CCN(c3ccc([N+](=O)[O-])cc3)CC2)c1=S. The summed E-state index contributed by atoms with van der Waals surface area (Å²) in [5, 5.41) is 10.7. The van der Waals surface area contributed by atoms with E-state index >= 15 is 0 Å². The van der Waals surface area contributed by atoms with E-state index in [1.165, 1.54) is 0 Å². The van der Waals surface area contributed by atoms with Gasteiger partial charge in [0.25, 0.3) is 5.69 Å². The number of imidazole rings is 1. The van der Waals surface area contributed by atoms with Crippen LogP contribution in [-0.2, 0) is 13.7 Å². The molecule has 0 aliphatic carbocycles. The lowest BCUT2D eigenvalue weighted by molar-refractivity contribution is -0.384. The van der Waals surface area contributed by atoms with Crippen LogP contribution in [0.3, 0.4) is 0 Å². The maximum absolute atomic E-state index is 10.7. The lowest BCUT2D eigenvalue weighted by Crippen LogP contribution is -2.46. The molecule has 7 nitrogen and oxygen atoms in total. The second kappa shape index (κ2) is 6.51. The minimum Gasteiger partial charge on any atom is -0.369 e. The van der Waals surface area contributed by atoms with E-state index in [1.54, 1.807) is 12.1 Å². The van der Waals surface area contributed by atoms with Crippen LogP contribution in [0.5, 0.6) is 0 Å². The minimum absolute atomic E-state index is 0.130. The molecule has 0 spiro atoms. The number of nitrogens with zero attached hydrogens (tertiary/aromatic N) is 5. The maximum Gasteiger partial charge on any atom is 0.269 e. The van der Waals surface area contributed by atoms with E-state index in [2.05, 4.69) is 14.4 Å². The van der Waals surface area contributed by atoms with Crippen LogP contribution in [0, 0.1) is 14.9 Å². The Labute approximate surface area is 139 Å². The highest BCUT2D eigenvalue weighted by atomic mass is 32.1. The van der Waals surface area contributed by atoms with E-state index in [4.69, 9.17) is 12.2 Å². The molecule has 1 aromatic heterocycles. The molecule has 2 aromatic rings. The molecule has 1 aromatic carbocycles. The highest BCUT2D eigenvalue weighted by Gasteiger charge is 2.18. The average Bonchev–Trinajstić information content (AvgIpc) is 2.88. The van der Waals surface area contributed by atoms with Crippen LogP contribution in [0.4, 0.5) is 11.4 Å². The van der Waals surface area contributed by atoms with Crippen LogP contribution in [0.15, 0.2) is 36.7 Å². The lowest BCUT2D eigenvalue weighted by Gasteiger charge is -2.36. The number of non-ortho nitro benzene ring substituents is 1. The summed E-state index contributed by atoms with van der Waals surface area (Å²) in [6.07, 6.45) is 3.97. The van der Waals surface area contributed by atoms with Gasteiger partial charge >= 0.3 is 0 Å². The first-order chi connectivity index (χ1) is 11.0. The maximum atomic E-state index is 10.7. The van der Waals surface area contributed by atoms with Crippen molar-refractivity contribution < 1.29 is 4.92 Å². The fourth-order valence-electron chi connectivity index (χ4n) is 2.77. The number of hydrogen-bond acceptors (Lipinski definition) is 5. The molecule has 0 amide bonds. The summed E-state index contributed by atoms with van der Waals surface area (Å²) in [5.41, 5.74) is 1.16. The summed E-state index contributed by atoms with van der Waals surface area (Å²) in [7, 11) is 1.95. The number of aryl methyl sites for hydroxylation is 1. The van der Waals surface area contributed by atoms with Gasteiger partial charge in [0.15, 0.2) is 4.77 Å². The molecule has 0 saturated carbocycles. The molecule has 1 saturated heterocycles. The lowest BCUT2D eigenvalue weighted by atomic mass is 10.2.